The molecular formula is C22H32N4O4. The Labute approximate surface area is 178 Å². The van der Waals surface area contributed by atoms with Crippen molar-refractivity contribution < 1.29 is 19.1 Å². The molecule has 1 aromatic carbocycles. The highest BCUT2D eigenvalue weighted by molar-refractivity contribution is 5.89. The molecule has 3 heterocycles. The fourth-order valence-electron chi connectivity index (χ4n) is 4.56. The lowest BCUT2D eigenvalue weighted by atomic mass is 10.1. The molecule has 3 aliphatic heterocycles. The van der Waals surface area contributed by atoms with Gasteiger partial charge >= 0.3 is 0 Å². The number of hydrogen-bond donors (Lipinski definition) is 0. The Hall–Kier alpha value is -2.32. The van der Waals surface area contributed by atoms with Crippen molar-refractivity contribution >= 4 is 17.5 Å². The van der Waals surface area contributed by atoms with E-state index in [2.05, 4.69) is 15.9 Å². The highest BCUT2D eigenvalue weighted by Crippen LogP contribution is 2.29. The number of piperazine rings is 1. The molecular weight excluding hydrogens is 384 g/mol. The highest BCUT2D eigenvalue weighted by atomic mass is 16.5. The summed E-state index contributed by atoms with van der Waals surface area (Å²) in [5, 5.41) is 0. The van der Waals surface area contributed by atoms with Crippen LogP contribution < -0.4 is 9.64 Å². The number of hydrogen-bond acceptors (Lipinski definition) is 6. The Morgan fingerprint density at radius 3 is 2.53 bits per heavy atom. The number of amides is 2. The van der Waals surface area contributed by atoms with E-state index in [1.165, 1.54) is 0 Å². The highest BCUT2D eigenvalue weighted by Gasteiger charge is 2.37. The Morgan fingerprint density at radius 2 is 1.80 bits per heavy atom. The molecule has 0 radical (unpaired) electrons. The molecule has 0 spiro atoms. The Balaban J connectivity index is 1.26. The maximum atomic E-state index is 13.0. The van der Waals surface area contributed by atoms with Crippen LogP contribution in [-0.2, 0) is 14.3 Å². The van der Waals surface area contributed by atoms with E-state index in [-0.39, 0.29) is 17.7 Å². The molecule has 1 atom stereocenters. The number of morpholine rings is 1. The summed E-state index contributed by atoms with van der Waals surface area (Å²) in [6, 6.07) is 7.98. The van der Waals surface area contributed by atoms with Gasteiger partial charge < -0.3 is 24.2 Å². The smallest absolute Gasteiger partial charge is 0.228 e. The standard InChI is InChI=1S/C22H32N4O4/c1-29-20-5-3-2-4-19(20)24-8-10-25(11-9-24)22(28)18-16-21(27)26(17-18)7-6-23-12-14-30-15-13-23/h2-5,18H,6-17H2,1H3. The predicted molar refractivity (Wildman–Crippen MR) is 114 cm³/mol. The zero-order chi connectivity index (χ0) is 20.9. The van der Waals surface area contributed by atoms with Crippen LogP contribution in [0.3, 0.4) is 0 Å². The molecule has 8 nitrogen and oxygen atoms in total. The number of ether oxygens (including phenoxy) is 2. The lowest BCUT2D eigenvalue weighted by Crippen LogP contribution is -2.50. The summed E-state index contributed by atoms with van der Waals surface area (Å²) in [6.45, 7) is 8.35. The van der Waals surface area contributed by atoms with Crippen LogP contribution in [-0.4, -0.2) is 106 Å². The third kappa shape index (κ3) is 4.70. The quantitative estimate of drug-likeness (QED) is 0.674. The molecule has 2 amide bonds. The summed E-state index contributed by atoms with van der Waals surface area (Å²) < 4.78 is 10.8. The summed E-state index contributed by atoms with van der Waals surface area (Å²) in [5.41, 5.74) is 1.07. The number of carbonyl (C=O) groups excluding carboxylic acids is 2. The predicted octanol–water partition coefficient (Wildman–Crippen LogP) is 0.525. The molecule has 0 saturated carbocycles. The molecule has 0 aromatic heterocycles. The van der Waals surface area contributed by atoms with Crippen molar-refractivity contribution in [1.82, 2.24) is 14.7 Å². The van der Waals surface area contributed by atoms with Gasteiger partial charge in [-0.05, 0) is 12.1 Å². The fourth-order valence-corrected chi connectivity index (χ4v) is 4.56. The first-order valence-corrected chi connectivity index (χ1v) is 10.9. The number of nitrogens with zero attached hydrogens (tertiary/aromatic N) is 4. The fraction of sp³-hybridized carbons (Fsp3) is 0.636. The van der Waals surface area contributed by atoms with E-state index < -0.39 is 0 Å². The van der Waals surface area contributed by atoms with Gasteiger partial charge in [0.1, 0.15) is 5.75 Å². The van der Waals surface area contributed by atoms with Gasteiger partial charge in [0.25, 0.3) is 0 Å². The van der Waals surface area contributed by atoms with Gasteiger partial charge in [-0.2, -0.15) is 0 Å². The second kappa shape index (κ2) is 9.66. The summed E-state index contributed by atoms with van der Waals surface area (Å²) in [6.07, 6.45) is 0.342. The lowest BCUT2D eigenvalue weighted by molar-refractivity contribution is -0.136. The molecule has 1 unspecified atom stereocenters. The number of benzene rings is 1. The van der Waals surface area contributed by atoms with E-state index in [0.717, 1.165) is 57.4 Å². The van der Waals surface area contributed by atoms with Crippen molar-refractivity contribution in [2.45, 2.75) is 6.42 Å². The minimum Gasteiger partial charge on any atom is -0.495 e. The Bertz CT molecular complexity index is 744. The number of carbonyl (C=O) groups is 2. The van der Waals surface area contributed by atoms with E-state index in [4.69, 9.17) is 9.47 Å². The van der Waals surface area contributed by atoms with Crippen molar-refractivity contribution in [1.29, 1.82) is 0 Å². The van der Waals surface area contributed by atoms with Crippen LogP contribution >= 0.6 is 0 Å². The van der Waals surface area contributed by atoms with Gasteiger partial charge in [0, 0.05) is 65.3 Å². The maximum Gasteiger partial charge on any atom is 0.228 e. The first kappa shape index (κ1) is 20.9. The van der Waals surface area contributed by atoms with E-state index >= 15 is 0 Å². The number of anilines is 1. The minimum absolute atomic E-state index is 0.106. The van der Waals surface area contributed by atoms with Crippen molar-refractivity contribution in [3.05, 3.63) is 24.3 Å². The topological polar surface area (TPSA) is 65.6 Å². The van der Waals surface area contributed by atoms with Crippen molar-refractivity contribution in [2.75, 3.05) is 84.1 Å². The monoisotopic (exact) mass is 416 g/mol. The minimum atomic E-state index is -0.208. The number of para-hydroxylation sites is 2. The average Bonchev–Trinajstić information content (AvgIpc) is 3.18. The van der Waals surface area contributed by atoms with Crippen LogP contribution in [0.15, 0.2) is 24.3 Å². The molecule has 0 N–H and O–H groups in total. The van der Waals surface area contributed by atoms with Crippen LogP contribution in [0.25, 0.3) is 0 Å². The Morgan fingerprint density at radius 1 is 1.07 bits per heavy atom. The van der Waals surface area contributed by atoms with Gasteiger partial charge in [-0.1, -0.05) is 12.1 Å². The average molecular weight is 417 g/mol. The molecule has 3 aliphatic rings. The van der Waals surface area contributed by atoms with Crippen molar-refractivity contribution in [2.24, 2.45) is 5.92 Å². The SMILES string of the molecule is COc1ccccc1N1CCN(C(=O)C2CC(=O)N(CCN3CCOCC3)C2)CC1. The largest absolute Gasteiger partial charge is 0.495 e. The molecule has 8 heteroatoms. The molecule has 30 heavy (non-hydrogen) atoms. The van der Waals surface area contributed by atoms with E-state index in [0.29, 0.717) is 32.6 Å². The number of likely N-dealkylation sites (tertiary alicyclic amines) is 1. The second-order valence-corrected chi connectivity index (χ2v) is 8.18. The third-order valence-corrected chi connectivity index (χ3v) is 6.37. The summed E-state index contributed by atoms with van der Waals surface area (Å²) in [7, 11) is 1.68. The summed E-state index contributed by atoms with van der Waals surface area (Å²) >= 11 is 0. The normalized spacial score (nSPS) is 23.2. The zero-order valence-corrected chi connectivity index (χ0v) is 17.8. The number of rotatable bonds is 6. The second-order valence-electron chi connectivity index (χ2n) is 8.18. The molecule has 1 aromatic rings. The van der Waals surface area contributed by atoms with Gasteiger partial charge in [0.05, 0.1) is 31.9 Å². The molecule has 4 rings (SSSR count). The zero-order valence-electron chi connectivity index (χ0n) is 17.8. The molecule has 0 aliphatic carbocycles. The lowest BCUT2D eigenvalue weighted by Gasteiger charge is -2.37. The van der Waals surface area contributed by atoms with Gasteiger partial charge in [0.15, 0.2) is 0 Å². The molecule has 164 valence electrons. The van der Waals surface area contributed by atoms with Gasteiger partial charge in [0.2, 0.25) is 11.8 Å². The van der Waals surface area contributed by atoms with E-state index in [1.54, 1.807) is 7.11 Å². The van der Waals surface area contributed by atoms with Gasteiger partial charge in [-0.3, -0.25) is 14.5 Å². The number of methoxy groups -OCH3 is 1. The van der Waals surface area contributed by atoms with Crippen LogP contribution in [0.4, 0.5) is 5.69 Å². The summed E-state index contributed by atoms with van der Waals surface area (Å²) in [4.78, 5) is 33.9. The first-order valence-electron chi connectivity index (χ1n) is 10.9. The van der Waals surface area contributed by atoms with Crippen LogP contribution in [0.5, 0.6) is 5.75 Å². The Kier molecular flexibility index (Phi) is 6.74. The van der Waals surface area contributed by atoms with E-state index in [1.807, 2.05) is 28.0 Å². The van der Waals surface area contributed by atoms with Crippen molar-refractivity contribution in [3.63, 3.8) is 0 Å². The first-order chi connectivity index (χ1) is 14.7. The molecule has 3 saturated heterocycles. The third-order valence-electron chi connectivity index (χ3n) is 6.37. The summed E-state index contributed by atoms with van der Waals surface area (Å²) in [5.74, 6) is 0.876. The van der Waals surface area contributed by atoms with Crippen LogP contribution in [0.2, 0.25) is 0 Å². The van der Waals surface area contributed by atoms with Crippen molar-refractivity contribution in [3.8, 4) is 5.75 Å². The van der Waals surface area contributed by atoms with Crippen LogP contribution in [0, 0.1) is 5.92 Å². The van der Waals surface area contributed by atoms with Gasteiger partial charge in [-0.15, -0.1) is 0 Å². The van der Waals surface area contributed by atoms with Crippen LogP contribution in [0.1, 0.15) is 6.42 Å². The van der Waals surface area contributed by atoms with E-state index in [9.17, 15) is 9.59 Å². The molecule has 0 bridgehead atoms. The molecule has 3 fully saturated rings. The maximum absolute atomic E-state index is 13.0. The van der Waals surface area contributed by atoms with Gasteiger partial charge in [-0.25, -0.2) is 0 Å².